The molecule has 104 valence electrons. The number of hydrogen-bond donors (Lipinski definition) is 0. The van der Waals surface area contributed by atoms with Crippen LogP contribution in [0.15, 0.2) is 30.5 Å². The number of hydrogen-bond acceptors (Lipinski definition) is 4. The summed E-state index contributed by atoms with van der Waals surface area (Å²) in [5.74, 6) is 0.165. The Labute approximate surface area is 119 Å². The second kappa shape index (κ2) is 10.6. The smallest absolute Gasteiger partial charge is 0.279 e. The molecule has 6 heteroatoms. The van der Waals surface area contributed by atoms with E-state index in [1.807, 2.05) is 20.5 Å². The highest BCUT2D eigenvalue weighted by atomic mass is 32.1. The number of aromatic nitrogens is 1. The van der Waals surface area contributed by atoms with Crippen molar-refractivity contribution in [3.63, 3.8) is 0 Å². The highest BCUT2D eigenvalue weighted by Gasteiger charge is 2.03. The van der Waals surface area contributed by atoms with Crippen LogP contribution in [0.4, 0.5) is 4.39 Å². The summed E-state index contributed by atoms with van der Waals surface area (Å²) in [5.41, 5.74) is 0. The molecule has 0 saturated carbocycles. The molecule has 1 unspecified atom stereocenters. The quantitative estimate of drug-likeness (QED) is 0.623. The average molecular weight is 301 g/mol. The standard InChI is InChI=1S/C10H6FNO2S.C2H6.CH5P/c11-7-1-3-8(4-2-7)14-10-12-5-9(6-13)15-10;2*1-2/h1-6H;1-2H3;2H2,1H3. The minimum Gasteiger partial charge on any atom is -0.431 e. The predicted molar refractivity (Wildman–Crippen MR) is 81.0 cm³/mol. The van der Waals surface area contributed by atoms with E-state index in [4.69, 9.17) is 4.74 Å². The van der Waals surface area contributed by atoms with Crippen LogP contribution in [0.25, 0.3) is 0 Å². The Morgan fingerprint density at radius 3 is 2.32 bits per heavy atom. The number of halogens is 1. The molecule has 2 aromatic rings. The summed E-state index contributed by atoms with van der Waals surface area (Å²) in [6, 6.07) is 5.59. The number of carbonyl (C=O) groups excluding carboxylic acids is 1. The Morgan fingerprint density at radius 1 is 1.26 bits per heavy atom. The van der Waals surface area contributed by atoms with Crippen LogP contribution in [0.5, 0.6) is 10.9 Å². The SMILES string of the molecule is CC.CP.O=Cc1cnc(Oc2ccc(F)cc2)s1. The average Bonchev–Trinajstić information content (AvgIpc) is 2.93. The van der Waals surface area contributed by atoms with Crippen molar-refractivity contribution in [2.75, 3.05) is 6.66 Å². The molecule has 0 aliphatic rings. The van der Waals surface area contributed by atoms with E-state index in [1.54, 1.807) is 0 Å². The fraction of sp³-hybridized carbons (Fsp3) is 0.231. The molecule has 1 aromatic carbocycles. The van der Waals surface area contributed by atoms with Crippen LogP contribution < -0.4 is 4.74 Å². The molecule has 1 atom stereocenters. The highest BCUT2D eigenvalue weighted by Crippen LogP contribution is 2.25. The number of thiazole rings is 1. The molecule has 3 nitrogen and oxygen atoms in total. The van der Waals surface area contributed by atoms with Gasteiger partial charge in [-0.2, -0.15) is 0 Å². The summed E-state index contributed by atoms with van der Waals surface area (Å²) in [6.45, 7) is 5.92. The third-order valence-electron chi connectivity index (χ3n) is 1.64. The lowest BCUT2D eigenvalue weighted by atomic mass is 10.3. The van der Waals surface area contributed by atoms with E-state index in [9.17, 15) is 9.18 Å². The van der Waals surface area contributed by atoms with Gasteiger partial charge in [-0.25, -0.2) is 9.37 Å². The number of ether oxygens (including phenoxy) is 1. The van der Waals surface area contributed by atoms with Crippen LogP contribution in [-0.4, -0.2) is 17.9 Å². The molecule has 0 saturated heterocycles. The molecule has 0 fully saturated rings. The van der Waals surface area contributed by atoms with Gasteiger partial charge in [0.2, 0.25) is 0 Å². The molecule has 19 heavy (non-hydrogen) atoms. The van der Waals surface area contributed by atoms with Gasteiger partial charge in [0.05, 0.1) is 11.1 Å². The minimum absolute atomic E-state index is 0.324. The van der Waals surface area contributed by atoms with Crippen molar-refractivity contribution in [1.29, 1.82) is 0 Å². The summed E-state index contributed by atoms with van der Waals surface area (Å²) >= 11 is 1.14. The van der Waals surface area contributed by atoms with Crippen LogP contribution >= 0.6 is 20.6 Å². The van der Waals surface area contributed by atoms with Crippen LogP contribution in [-0.2, 0) is 0 Å². The van der Waals surface area contributed by atoms with Gasteiger partial charge in [-0.15, -0.1) is 9.24 Å². The number of rotatable bonds is 3. The molecule has 0 bridgehead atoms. The van der Waals surface area contributed by atoms with Gasteiger partial charge in [0.15, 0.2) is 6.29 Å². The zero-order valence-corrected chi connectivity index (χ0v) is 13.1. The number of aldehydes is 1. The Balaban J connectivity index is 0.000000741. The first-order valence-corrected chi connectivity index (χ1v) is 7.67. The molecule has 0 radical (unpaired) electrons. The molecule has 0 N–H and O–H groups in total. The van der Waals surface area contributed by atoms with Crippen LogP contribution in [0.1, 0.15) is 23.5 Å². The fourth-order valence-electron chi connectivity index (χ4n) is 0.975. The number of nitrogens with zero attached hydrogens (tertiary/aromatic N) is 1. The maximum atomic E-state index is 12.6. The first-order chi connectivity index (χ1) is 9.28. The van der Waals surface area contributed by atoms with E-state index in [1.165, 1.54) is 30.5 Å². The molecule has 0 spiro atoms. The first kappa shape index (κ1) is 17.7. The van der Waals surface area contributed by atoms with Crippen molar-refractivity contribution in [3.05, 3.63) is 41.2 Å². The van der Waals surface area contributed by atoms with E-state index in [-0.39, 0.29) is 5.82 Å². The van der Waals surface area contributed by atoms with E-state index >= 15 is 0 Å². The number of carbonyl (C=O) groups is 1. The maximum absolute atomic E-state index is 12.6. The second-order valence-corrected chi connectivity index (χ2v) is 3.73. The Kier molecular flexibility index (Phi) is 9.85. The lowest BCUT2D eigenvalue weighted by molar-refractivity contribution is 0.112. The van der Waals surface area contributed by atoms with Gasteiger partial charge in [0, 0.05) is 0 Å². The zero-order chi connectivity index (χ0) is 14.7. The van der Waals surface area contributed by atoms with E-state index in [0.29, 0.717) is 22.1 Å². The Morgan fingerprint density at radius 2 is 1.84 bits per heavy atom. The molecule has 1 heterocycles. The third-order valence-corrected chi connectivity index (χ3v) is 2.44. The zero-order valence-electron chi connectivity index (χ0n) is 11.1. The molecular formula is C13H17FNO2PS. The monoisotopic (exact) mass is 301 g/mol. The molecule has 1 aromatic heterocycles. The Bertz CT molecular complexity index is 474. The van der Waals surface area contributed by atoms with Crippen molar-refractivity contribution in [2.45, 2.75) is 13.8 Å². The summed E-state index contributed by atoms with van der Waals surface area (Å²) in [4.78, 5) is 14.8. The van der Waals surface area contributed by atoms with Gasteiger partial charge >= 0.3 is 0 Å². The van der Waals surface area contributed by atoms with Crippen molar-refractivity contribution >= 4 is 26.9 Å². The van der Waals surface area contributed by atoms with Crippen molar-refractivity contribution in [1.82, 2.24) is 4.98 Å². The molecule has 0 amide bonds. The van der Waals surface area contributed by atoms with Gasteiger partial charge in [-0.1, -0.05) is 31.8 Å². The van der Waals surface area contributed by atoms with Crippen LogP contribution in [0, 0.1) is 5.82 Å². The van der Waals surface area contributed by atoms with E-state index in [2.05, 4.69) is 14.2 Å². The lowest BCUT2D eigenvalue weighted by Crippen LogP contribution is -1.82. The van der Waals surface area contributed by atoms with Crippen LogP contribution in [0.2, 0.25) is 0 Å². The van der Waals surface area contributed by atoms with Crippen molar-refractivity contribution in [2.24, 2.45) is 0 Å². The summed E-state index contributed by atoms with van der Waals surface area (Å²) < 4.78 is 17.9. The first-order valence-electron chi connectivity index (χ1n) is 5.70. The largest absolute Gasteiger partial charge is 0.431 e. The molecule has 0 aliphatic carbocycles. The lowest BCUT2D eigenvalue weighted by Gasteiger charge is -1.99. The topological polar surface area (TPSA) is 39.2 Å². The van der Waals surface area contributed by atoms with Crippen molar-refractivity contribution in [3.8, 4) is 10.9 Å². The summed E-state index contributed by atoms with van der Waals surface area (Å²) in [6.07, 6.45) is 2.13. The van der Waals surface area contributed by atoms with E-state index in [0.717, 1.165) is 11.3 Å². The van der Waals surface area contributed by atoms with Gasteiger partial charge in [-0.3, -0.25) is 4.79 Å². The van der Waals surface area contributed by atoms with Gasteiger partial charge in [0.1, 0.15) is 11.6 Å². The highest BCUT2D eigenvalue weighted by molar-refractivity contribution is 7.15. The van der Waals surface area contributed by atoms with Crippen molar-refractivity contribution < 1.29 is 13.9 Å². The third kappa shape index (κ3) is 6.41. The van der Waals surface area contributed by atoms with Gasteiger partial charge < -0.3 is 4.74 Å². The van der Waals surface area contributed by atoms with Gasteiger partial charge in [0.25, 0.3) is 5.19 Å². The maximum Gasteiger partial charge on any atom is 0.279 e. The fourth-order valence-corrected chi connectivity index (χ4v) is 1.57. The minimum atomic E-state index is -0.324. The molecule has 2 rings (SSSR count). The molecular weight excluding hydrogens is 284 g/mol. The Hall–Kier alpha value is -1.32. The number of benzene rings is 1. The summed E-state index contributed by atoms with van der Waals surface area (Å²) in [7, 11) is 2.42. The molecule has 0 aliphatic heterocycles. The van der Waals surface area contributed by atoms with Gasteiger partial charge in [-0.05, 0) is 24.3 Å². The predicted octanol–water partition coefficient (Wildman–Crippen LogP) is 4.40. The van der Waals surface area contributed by atoms with E-state index < -0.39 is 0 Å². The normalized spacial score (nSPS) is 8.47. The van der Waals surface area contributed by atoms with Crippen LogP contribution in [0.3, 0.4) is 0 Å². The second-order valence-electron chi connectivity index (χ2n) is 2.70. The summed E-state index contributed by atoms with van der Waals surface area (Å²) in [5, 5.41) is 0.365.